The Kier molecular flexibility index (Phi) is 9.08. The molecule has 0 unspecified atom stereocenters. The predicted octanol–water partition coefficient (Wildman–Crippen LogP) is 14.8. The highest BCUT2D eigenvalue weighted by atomic mass is 15.0. The monoisotopic (exact) mass is 769 g/mol. The van der Waals surface area contributed by atoms with Crippen molar-refractivity contribution in [3.8, 4) is 89.8 Å². The minimum atomic E-state index is 0.182. The Morgan fingerprint density at radius 1 is 0.267 bits per heavy atom. The second-order valence-corrected chi connectivity index (χ2v) is 16.3. The van der Waals surface area contributed by atoms with Gasteiger partial charge in [-0.2, -0.15) is 0 Å². The summed E-state index contributed by atoms with van der Waals surface area (Å²) in [6.07, 6.45) is 6.47. The lowest BCUT2D eigenvalue weighted by Crippen LogP contribution is -2.27. The number of aromatic nitrogens is 3. The van der Waals surface area contributed by atoms with Crippen molar-refractivity contribution < 1.29 is 0 Å². The standard InChI is InChI=1S/C57H43N3/c1-4-14-39(15-5-1)40-28-30-44(31-29-40)55-58-54(43-16-6-2-7-17-43)59-56(60-55)49-21-13-19-46(37-49)42-26-24-41(25-27-42)45-18-12-20-47(36-45)48-32-33-53-51(38-48)50-22-8-9-23-52(50)57(53)34-10-3-11-35-57/h1-2,4-9,12-33,36-38H,3,10-11,34-35H2. The molecule has 3 heteroatoms. The van der Waals surface area contributed by atoms with Gasteiger partial charge in [-0.05, 0) is 97.8 Å². The summed E-state index contributed by atoms with van der Waals surface area (Å²) in [5.74, 6) is 1.94. The fraction of sp³-hybridized carbons (Fsp3) is 0.105. The van der Waals surface area contributed by atoms with E-state index in [0.29, 0.717) is 17.5 Å². The van der Waals surface area contributed by atoms with Crippen molar-refractivity contribution in [1.82, 2.24) is 15.0 Å². The summed E-state index contributed by atoms with van der Waals surface area (Å²) in [5.41, 5.74) is 18.4. The molecular weight excluding hydrogens is 727 g/mol. The molecule has 0 amide bonds. The normalized spacial score (nSPS) is 13.8. The Labute approximate surface area is 352 Å². The first-order valence-electron chi connectivity index (χ1n) is 21.2. The zero-order valence-corrected chi connectivity index (χ0v) is 33.4. The summed E-state index contributed by atoms with van der Waals surface area (Å²) in [4.78, 5) is 15.0. The summed E-state index contributed by atoms with van der Waals surface area (Å²) in [7, 11) is 0. The van der Waals surface area contributed by atoms with E-state index in [1.807, 2.05) is 36.4 Å². The average molecular weight is 770 g/mol. The molecule has 8 aromatic carbocycles. The van der Waals surface area contributed by atoms with Crippen molar-refractivity contribution in [2.24, 2.45) is 0 Å². The summed E-state index contributed by atoms with van der Waals surface area (Å²) in [6.45, 7) is 0. The van der Waals surface area contributed by atoms with Crippen LogP contribution in [0.2, 0.25) is 0 Å². The molecule has 1 saturated carbocycles. The van der Waals surface area contributed by atoms with Crippen LogP contribution >= 0.6 is 0 Å². The van der Waals surface area contributed by atoms with Crippen LogP contribution in [-0.4, -0.2) is 15.0 Å². The van der Waals surface area contributed by atoms with Gasteiger partial charge in [0.15, 0.2) is 17.5 Å². The van der Waals surface area contributed by atoms with E-state index in [4.69, 9.17) is 15.0 Å². The first-order valence-corrected chi connectivity index (χ1v) is 21.2. The largest absolute Gasteiger partial charge is 0.208 e. The van der Waals surface area contributed by atoms with Crippen LogP contribution in [0.15, 0.2) is 200 Å². The van der Waals surface area contributed by atoms with Gasteiger partial charge in [-0.1, -0.05) is 201 Å². The molecule has 60 heavy (non-hydrogen) atoms. The van der Waals surface area contributed by atoms with E-state index in [1.54, 1.807) is 0 Å². The molecule has 0 bridgehead atoms. The lowest BCUT2D eigenvalue weighted by molar-refractivity contribution is 0.353. The van der Waals surface area contributed by atoms with E-state index in [1.165, 1.54) is 82.2 Å². The predicted molar refractivity (Wildman–Crippen MR) is 247 cm³/mol. The topological polar surface area (TPSA) is 38.7 Å². The molecule has 0 aliphatic heterocycles. The Morgan fingerprint density at radius 3 is 1.28 bits per heavy atom. The third-order valence-corrected chi connectivity index (χ3v) is 12.8. The van der Waals surface area contributed by atoms with Crippen molar-refractivity contribution >= 4 is 0 Å². The van der Waals surface area contributed by atoms with Gasteiger partial charge in [0.05, 0.1) is 0 Å². The van der Waals surface area contributed by atoms with E-state index in [2.05, 4.69) is 164 Å². The minimum Gasteiger partial charge on any atom is -0.208 e. The Bertz CT molecular complexity index is 2980. The lowest BCUT2D eigenvalue weighted by atomic mass is 9.68. The van der Waals surface area contributed by atoms with Crippen LogP contribution in [0.4, 0.5) is 0 Å². The van der Waals surface area contributed by atoms with Crippen LogP contribution in [0.1, 0.15) is 43.2 Å². The van der Waals surface area contributed by atoms with Crippen LogP contribution in [-0.2, 0) is 5.41 Å². The fourth-order valence-electron chi connectivity index (χ4n) is 9.70. The highest BCUT2D eigenvalue weighted by molar-refractivity contribution is 5.86. The zero-order valence-electron chi connectivity index (χ0n) is 33.4. The Morgan fingerprint density at radius 2 is 0.650 bits per heavy atom. The van der Waals surface area contributed by atoms with Crippen LogP contribution in [0.25, 0.3) is 89.8 Å². The molecule has 9 aromatic rings. The third-order valence-electron chi connectivity index (χ3n) is 12.8. The van der Waals surface area contributed by atoms with Crippen LogP contribution in [0.5, 0.6) is 0 Å². The first kappa shape index (κ1) is 35.9. The smallest absolute Gasteiger partial charge is 0.164 e. The molecule has 1 aromatic heterocycles. The molecule has 0 atom stereocenters. The molecule has 1 heterocycles. The van der Waals surface area contributed by atoms with E-state index < -0.39 is 0 Å². The van der Waals surface area contributed by atoms with Gasteiger partial charge in [-0.3, -0.25) is 0 Å². The van der Waals surface area contributed by atoms with E-state index >= 15 is 0 Å². The summed E-state index contributed by atoms with van der Waals surface area (Å²) in [5, 5.41) is 0. The quantitative estimate of drug-likeness (QED) is 0.162. The second kappa shape index (κ2) is 15.2. The molecule has 0 saturated heterocycles. The third kappa shape index (κ3) is 6.53. The maximum atomic E-state index is 5.05. The first-order chi connectivity index (χ1) is 29.7. The van der Waals surface area contributed by atoms with Crippen molar-refractivity contribution in [1.29, 1.82) is 0 Å². The zero-order chi connectivity index (χ0) is 39.9. The molecule has 286 valence electrons. The van der Waals surface area contributed by atoms with Crippen molar-refractivity contribution in [3.05, 3.63) is 211 Å². The highest BCUT2D eigenvalue weighted by Gasteiger charge is 2.43. The molecule has 1 fully saturated rings. The minimum absolute atomic E-state index is 0.182. The number of rotatable bonds is 7. The number of benzene rings is 8. The van der Waals surface area contributed by atoms with Gasteiger partial charge in [0.25, 0.3) is 0 Å². The van der Waals surface area contributed by atoms with Gasteiger partial charge >= 0.3 is 0 Å². The van der Waals surface area contributed by atoms with Gasteiger partial charge in [0, 0.05) is 22.1 Å². The van der Waals surface area contributed by atoms with E-state index in [0.717, 1.165) is 33.4 Å². The van der Waals surface area contributed by atoms with Crippen LogP contribution < -0.4 is 0 Å². The molecule has 3 nitrogen and oxygen atoms in total. The van der Waals surface area contributed by atoms with Crippen LogP contribution in [0.3, 0.4) is 0 Å². The maximum absolute atomic E-state index is 5.05. The van der Waals surface area contributed by atoms with Crippen molar-refractivity contribution in [3.63, 3.8) is 0 Å². The number of fused-ring (bicyclic) bond motifs is 5. The highest BCUT2D eigenvalue weighted by Crippen LogP contribution is 2.56. The van der Waals surface area contributed by atoms with Gasteiger partial charge in [-0.25, -0.2) is 15.0 Å². The van der Waals surface area contributed by atoms with E-state index in [-0.39, 0.29) is 5.41 Å². The van der Waals surface area contributed by atoms with Crippen molar-refractivity contribution in [2.75, 3.05) is 0 Å². The number of hydrogen-bond donors (Lipinski definition) is 0. The molecule has 0 N–H and O–H groups in total. The number of nitrogens with zero attached hydrogens (tertiary/aromatic N) is 3. The maximum Gasteiger partial charge on any atom is 0.164 e. The van der Waals surface area contributed by atoms with E-state index in [9.17, 15) is 0 Å². The lowest BCUT2D eigenvalue weighted by Gasteiger charge is -2.36. The van der Waals surface area contributed by atoms with Crippen LogP contribution in [0, 0.1) is 0 Å². The summed E-state index contributed by atoms with van der Waals surface area (Å²) < 4.78 is 0. The molecule has 2 aliphatic carbocycles. The molecule has 0 radical (unpaired) electrons. The van der Waals surface area contributed by atoms with Gasteiger partial charge < -0.3 is 0 Å². The summed E-state index contributed by atoms with van der Waals surface area (Å²) >= 11 is 0. The van der Waals surface area contributed by atoms with Gasteiger partial charge in [0.2, 0.25) is 0 Å². The molecular formula is C57H43N3. The Hall–Kier alpha value is -7.23. The second-order valence-electron chi connectivity index (χ2n) is 16.3. The SMILES string of the molecule is c1ccc(-c2ccc(-c3nc(-c4ccccc4)nc(-c4cccc(-c5ccc(-c6cccc(-c7ccc8c(c7)-c7ccccc7C87CCCCC7)c6)cc5)c4)n3)cc2)cc1. The summed E-state index contributed by atoms with van der Waals surface area (Å²) in [6, 6.07) is 71.9. The Balaban J connectivity index is 0.889. The number of hydrogen-bond acceptors (Lipinski definition) is 3. The van der Waals surface area contributed by atoms with Crippen molar-refractivity contribution in [2.45, 2.75) is 37.5 Å². The molecule has 2 aliphatic rings. The molecule has 1 spiro atoms. The molecule has 11 rings (SSSR count). The fourth-order valence-corrected chi connectivity index (χ4v) is 9.70. The average Bonchev–Trinajstić information content (AvgIpc) is 3.60. The van der Waals surface area contributed by atoms with Gasteiger partial charge in [0.1, 0.15) is 0 Å². The van der Waals surface area contributed by atoms with Gasteiger partial charge in [-0.15, -0.1) is 0 Å².